The molecule has 0 saturated heterocycles. The summed E-state index contributed by atoms with van der Waals surface area (Å²) in [6, 6.07) is 0.451. The molecule has 1 rings (SSSR count). The van der Waals surface area contributed by atoms with E-state index in [2.05, 4.69) is 20.8 Å². The molecule has 2 N–H and O–H groups in total. The molecule has 0 amide bonds. The largest absolute Gasteiger partial charge is 0.327 e. The molecule has 1 nitrogen and oxygen atoms in total. The first-order chi connectivity index (χ1) is 5.65. The number of hydrogen-bond acceptors (Lipinski definition) is 1. The first-order valence-corrected chi connectivity index (χ1v) is 5.40. The average molecular weight is 169 g/mol. The highest BCUT2D eigenvalue weighted by Crippen LogP contribution is 2.35. The molecule has 0 radical (unpaired) electrons. The van der Waals surface area contributed by atoms with E-state index < -0.39 is 0 Å². The summed E-state index contributed by atoms with van der Waals surface area (Å²) in [5.74, 6) is 2.58. The lowest BCUT2D eigenvalue weighted by molar-refractivity contribution is 0.174. The lowest BCUT2D eigenvalue weighted by Crippen LogP contribution is -2.36. The number of nitrogens with two attached hydrogens (primary N) is 1. The van der Waals surface area contributed by atoms with Crippen molar-refractivity contribution in [2.75, 3.05) is 0 Å². The van der Waals surface area contributed by atoms with Crippen LogP contribution < -0.4 is 5.73 Å². The van der Waals surface area contributed by atoms with Crippen molar-refractivity contribution < 1.29 is 0 Å². The van der Waals surface area contributed by atoms with Gasteiger partial charge in [-0.1, -0.05) is 27.2 Å². The second-order valence-corrected chi connectivity index (χ2v) is 4.63. The van der Waals surface area contributed by atoms with E-state index in [0.29, 0.717) is 6.04 Å². The van der Waals surface area contributed by atoms with Gasteiger partial charge in [-0.25, -0.2) is 0 Å². The molecule has 1 aliphatic rings. The summed E-state index contributed by atoms with van der Waals surface area (Å²) < 4.78 is 0. The molecule has 4 atom stereocenters. The molecule has 0 aromatic rings. The van der Waals surface area contributed by atoms with Gasteiger partial charge >= 0.3 is 0 Å². The summed E-state index contributed by atoms with van der Waals surface area (Å²) in [6.07, 6.45) is 5.28. The smallest absolute Gasteiger partial charge is 0.00670 e. The highest BCUT2D eigenvalue weighted by molar-refractivity contribution is 4.82. The standard InChI is InChI=1S/C11H23N/c1-4-11(12)10-6-5-8(2)7-9(10)3/h8-11H,4-7,12H2,1-3H3. The zero-order chi connectivity index (χ0) is 9.14. The van der Waals surface area contributed by atoms with Crippen molar-refractivity contribution in [3.05, 3.63) is 0 Å². The zero-order valence-corrected chi connectivity index (χ0v) is 8.72. The molecule has 72 valence electrons. The Hall–Kier alpha value is -0.0400. The highest BCUT2D eigenvalue weighted by atomic mass is 14.7. The summed E-state index contributed by atoms with van der Waals surface area (Å²) >= 11 is 0. The van der Waals surface area contributed by atoms with Gasteiger partial charge in [0.1, 0.15) is 0 Å². The summed E-state index contributed by atoms with van der Waals surface area (Å²) in [7, 11) is 0. The van der Waals surface area contributed by atoms with Crippen LogP contribution in [0.15, 0.2) is 0 Å². The van der Waals surface area contributed by atoms with Gasteiger partial charge < -0.3 is 5.73 Å². The Morgan fingerprint density at radius 3 is 2.50 bits per heavy atom. The Bertz CT molecular complexity index is 133. The van der Waals surface area contributed by atoms with E-state index in [1.165, 1.54) is 19.3 Å². The first kappa shape index (κ1) is 10.0. The van der Waals surface area contributed by atoms with Crippen LogP contribution in [0.1, 0.15) is 46.5 Å². The minimum Gasteiger partial charge on any atom is -0.327 e. The number of hydrogen-bond donors (Lipinski definition) is 1. The fourth-order valence-corrected chi connectivity index (χ4v) is 2.63. The van der Waals surface area contributed by atoms with E-state index in [1.807, 2.05) is 0 Å². The van der Waals surface area contributed by atoms with E-state index >= 15 is 0 Å². The van der Waals surface area contributed by atoms with Crippen LogP contribution in [0.5, 0.6) is 0 Å². The van der Waals surface area contributed by atoms with Gasteiger partial charge in [-0.15, -0.1) is 0 Å². The maximum Gasteiger partial charge on any atom is 0.00670 e. The van der Waals surface area contributed by atoms with Crippen LogP contribution in [-0.2, 0) is 0 Å². The van der Waals surface area contributed by atoms with Crippen molar-refractivity contribution in [2.45, 2.75) is 52.5 Å². The Morgan fingerprint density at radius 1 is 1.33 bits per heavy atom. The summed E-state index contributed by atoms with van der Waals surface area (Å²) in [6.45, 7) is 6.94. The molecule has 1 heteroatoms. The Balaban J connectivity index is 2.44. The molecule has 0 aliphatic heterocycles. The van der Waals surface area contributed by atoms with Crippen molar-refractivity contribution in [1.29, 1.82) is 0 Å². The molecule has 1 aliphatic carbocycles. The van der Waals surface area contributed by atoms with Crippen LogP contribution in [0, 0.1) is 17.8 Å². The molecule has 0 aromatic carbocycles. The third-order valence-electron chi connectivity index (χ3n) is 3.52. The van der Waals surface area contributed by atoms with Crippen LogP contribution in [0.4, 0.5) is 0 Å². The summed E-state index contributed by atoms with van der Waals surface area (Å²) in [5.41, 5.74) is 6.08. The van der Waals surface area contributed by atoms with Gasteiger partial charge in [0.2, 0.25) is 0 Å². The zero-order valence-electron chi connectivity index (χ0n) is 8.72. The van der Waals surface area contributed by atoms with Gasteiger partial charge in [0.05, 0.1) is 0 Å². The van der Waals surface area contributed by atoms with Crippen LogP contribution in [0.25, 0.3) is 0 Å². The van der Waals surface area contributed by atoms with Gasteiger partial charge in [-0.3, -0.25) is 0 Å². The normalized spacial score (nSPS) is 39.5. The van der Waals surface area contributed by atoms with Crippen LogP contribution in [0.3, 0.4) is 0 Å². The minimum absolute atomic E-state index is 0.451. The Labute approximate surface area is 76.7 Å². The summed E-state index contributed by atoms with van der Waals surface area (Å²) in [4.78, 5) is 0. The third kappa shape index (κ3) is 2.22. The molecule has 0 bridgehead atoms. The maximum atomic E-state index is 6.08. The van der Waals surface area contributed by atoms with Gasteiger partial charge in [-0.05, 0) is 37.0 Å². The average Bonchev–Trinajstić information content (AvgIpc) is 2.03. The maximum absolute atomic E-state index is 6.08. The lowest BCUT2D eigenvalue weighted by atomic mass is 9.72. The monoisotopic (exact) mass is 169 g/mol. The summed E-state index contributed by atoms with van der Waals surface area (Å²) in [5, 5.41) is 0. The van der Waals surface area contributed by atoms with Crippen molar-refractivity contribution >= 4 is 0 Å². The Kier molecular flexibility index (Phi) is 3.57. The molecule has 1 saturated carbocycles. The van der Waals surface area contributed by atoms with Crippen LogP contribution in [0.2, 0.25) is 0 Å². The van der Waals surface area contributed by atoms with Crippen LogP contribution >= 0.6 is 0 Å². The molecular formula is C11H23N. The predicted molar refractivity (Wildman–Crippen MR) is 53.9 cm³/mol. The highest BCUT2D eigenvalue weighted by Gasteiger charge is 2.28. The van der Waals surface area contributed by atoms with E-state index in [-0.39, 0.29) is 0 Å². The molecule has 4 unspecified atom stereocenters. The second kappa shape index (κ2) is 4.27. The van der Waals surface area contributed by atoms with E-state index in [0.717, 1.165) is 24.2 Å². The first-order valence-electron chi connectivity index (χ1n) is 5.40. The van der Waals surface area contributed by atoms with E-state index in [1.54, 1.807) is 0 Å². The van der Waals surface area contributed by atoms with E-state index in [9.17, 15) is 0 Å². The SMILES string of the molecule is CCC(N)C1CCC(C)CC1C. The molecule has 0 spiro atoms. The topological polar surface area (TPSA) is 26.0 Å². The van der Waals surface area contributed by atoms with Crippen LogP contribution in [-0.4, -0.2) is 6.04 Å². The number of rotatable bonds is 2. The van der Waals surface area contributed by atoms with E-state index in [4.69, 9.17) is 5.73 Å². The van der Waals surface area contributed by atoms with Gasteiger partial charge in [0, 0.05) is 6.04 Å². The minimum atomic E-state index is 0.451. The van der Waals surface area contributed by atoms with Crippen molar-refractivity contribution in [1.82, 2.24) is 0 Å². The van der Waals surface area contributed by atoms with Gasteiger partial charge in [0.15, 0.2) is 0 Å². The molecule has 0 aromatic heterocycles. The fraction of sp³-hybridized carbons (Fsp3) is 1.00. The van der Waals surface area contributed by atoms with Crippen molar-refractivity contribution in [3.63, 3.8) is 0 Å². The van der Waals surface area contributed by atoms with Gasteiger partial charge in [-0.2, -0.15) is 0 Å². The van der Waals surface area contributed by atoms with Crippen molar-refractivity contribution in [2.24, 2.45) is 23.5 Å². The molecular weight excluding hydrogens is 146 g/mol. The van der Waals surface area contributed by atoms with Crippen molar-refractivity contribution in [3.8, 4) is 0 Å². The molecule has 0 heterocycles. The second-order valence-electron chi connectivity index (χ2n) is 4.63. The Morgan fingerprint density at radius 2 is 2.00 bits per heavy atom. The fourth-order valence-electron chi connectivity index (χ4n) is 2.63. The predicted octanol–water partition coefficient (Wildman–Crippen LogP) is 2.80. The third-order valence-corrected chi connectivity index (χ3v) is 3.52. The molecule has 12 heavy (non-hydrogen) atoms. The lowest BCUT2D eigenvalue weighted by Gasteiger charge is -2.35. The van der Waals surface area contributed by atoms with Gasteiger partial charge in [0.25, 0.3) is 0 Å². The quantitative estimate of drug-likeness (QED) is 0.676. The molecule has 1 fully saturated rings.